The van der Waals surface area contributed by atoms with Crippen LogP contribution in [0.5, 0.6) is 0 Å². The third-order valence-electron chi connectivity index (χ3n) is 3.71. The fourth-order valence-corrected chi connectivity index (χ4v) is 2.33. The van der Waals surface area contributed by atoms with E-state index in [2.05, 4.69) is 37.0 Å². The summed E-state index contributed by atoms with van der Waals surface area (Å²) in [5.74, 6) is 0.601. The van der Waals surface area contributed by atoms with Gasteiger partial charge in [-0.05, 0) is 19.8 Å². The molecule has 1 aliphatic rings. The van der Waals surface area contributed by atoms with Crippen molar-refractivity contribution in [1.82, 2.24) is 14.7 Å². The van der Waals surface area contributed by atoms with E-state index in [0.717, 1.165) is 19.6 Å². The van der Waals surface area contributed by atoms with E-state index in [4.69, 9.17) is 5.73 Å². The van der Waals surface area contributed by atoms with Gasteiger partial charge in [-0.3, -0.25) is 9.58 Å². The van der Waals surface area contributed by atoms with Gasteiger partial charge in [0.25, 0.3) is 0 Å². The fourth-order valence-electron chi connectivity index (χ4n) is 2.33. The number of nitrogens with zero attached hydrogens (tertiary/aromatic N) is 3. The summed E-state index contributed by atoms with van der Waals surface area (Å²) in [7, 11) is 0. The topological polar surface area (TPSA) is 47.1 Å². The Bertz CT molecular complexity index is 337. The zero-order valence-electron chi connectivity index (χ0n) is 10.4. The van der Waals surface area contributed by atoms with Crippen LogP contribution < -0.4 is 5.73 Å². The van der Waals surface area contributed by atoms with Crippen molar-refractivity contribution < 1.29 is 0 Å². The lowest BCUT2D eigenvalue weighted by Gasteiger charge is -2.22. The Morgan fingerprint density at radius 2 is 2.31 bits per heavy atom. The van der Waals surface area contributed by atoms with E-state index in [1.54, 1.807) is 0 Å². The Balaban J connectivity index is 2.05. The monoisotopic (exact) mass is 222 g/mol. The Morgan fingerprint density at radius 3 is 2.81 bits per heavy atom. The van der Waals surface area contributed by atoms with Gasteiger partial charge in [0.1, 0.15) is 0 Å². The van der Waals surface area contributed by atoms with Crippen molar-refractivity contribution in [3.05, 3.63) is 18.0 Å². The SMILES string of the molecule is CCn1cc(C(C)N2CC(C)C(N)C2)cn1. The molecule has 2 heterocycles. The zero-order valence-corrected chi connectivity index (χ0v) is 10.4. The Kier molecular flexibility index (Phi) is 3.30. The lowest BCUT2D eigenvalue weighted by molar-refractivity contribution is 0.253. The molecule has 1 saturated heterocycles. The molecule has 1 fully saturated rings. The molecule has 2 N–H and O–H groups in total. The molecule has 0 saturated carbocycles. The predicted molar refractivity (Wildman–Crippen MR) is 65.0 cm³/mol. The van der Waals surface area contributed by atoms with E-state index in [1.807, 2.05) is 10.9 Å². The number of aromatic nitrogens is 2. The van der Waals surface area contributed by atoms with Gasteiger partial charge in [0.2, 0.25) is 0 Å². The molecule has 1 aliphatic heterocycles. The van der Waals surface area contributed by atoms with E-state index < -0.39 is 0 Å². The summed E-state index contributed by atoms with van der Waals surface area (Å²) in [6, 6.07) is 0.750. The van der Waals surface area contributed by atoms with Crippen LogP contribution in [0.3, 0.4) is 0 Å². The van der Waals surface area contributed by atoms with E-state index >= 15 is 0 Å². The fraction of sp³-hybridized carbons (Fsp3) is 0.750. The summed E-state index contributed by atoms with van der Waals surface area (Å²) in [4.78, 5) is 2.45. The first-order valence-electron chi connectivity index (χ1n) is 6.13. The van der Waals surface area contributed by atoms with E-state index in [0.29, 0.717) is 18.0 Å². The number of hydrogen-bond donors (Lipinski definition) is 1. The van der Waals surface area contributed by atoms with Crippen molar-refractivity contribution in [2.45, 2.75) is 39.4 Å². The van der Waals surface area contributed by atoms with E-state index in [-0.39, 0.29) is 0 Å². The van der Waals surface area contributed by atoms with Crippen LogP contribution in [0.25, 0.3) is 0 Å². The quantitative estimate of drug-likeness (QED) is 0.837. The number of likely N-dealkylation sites (tertiary alicyclic amines) is 1. The van der Waals surface area contributed by atoms with Crippen molar-refractivity contribution in [1.29, 1.82) is 0 Å². The van der Waals surface area contributed by atoms with Gasteiger partial charge in [-0.15, -0.1) is 0 Å². The first kappa shape index (κ1) is 11.6. The van der Waals surface area contributed by atoms with Crippen LogP contribution in [0.15, 0.2) is 12.4 Å². The van der Waals surface area contributed by atoms with Crippen LogP contribution in [0.2, 0.25) is 0 Å². The van der Waals surface area contributed by atoms with Crippen LogP contribution in [0, 0.1) is 5.92 Å². The van der Waals surface area contributed by atoms with Crippen LogP contribution in [-0.2, 0) is 6.54 Å². The molecule has 0 amide bonds. The molecule has 0 aromatic carbocycles. The molecule has 3 atom stereocenters. The molecule has 0 spiro atoms. The molecule has 1 aromatic rings. The largest absolute Gasteiger partial charge is 0.326 e. The van der Waals surface area contributed by atoms with Gasteiger partial charge in [-0.25, -0.2) is 0 Å². The first-order chi connectivity index (χ1) is 7.61. The maximum Gasteiger partial charge on any atom is 0.0537 e. The van der Waals surface area contributed by atoms with E-state index in [1.165, 1.54) is 5.56 Å². The second-order valence-electron chi connectivity index (χ2n) is 4.90. The highest BCUT2D eigenvalue weighted by Gasteiger charge is 2.30. The van der Waals surface area contributed by atoms with Crippen LogP contribution in [0.1, 0.15) is 32.4 Å². The highest BCUT2D eigenvalue weighted by Crippen LogP contribution is 2.26. The lowest BCUT2D eigenvalue weighted by Crippen LogP contribution is -2.29. The molecule has 90 valence electrons. The first-order valence-corrected chi connectivity index (χ1v) is 6.13. The van der Waals surface area contributed by atoms with Gasteiger partial charge in [-0.1, -0.05) is 6.92 Å². The van der Waals surface area contributed by atoms with Crippen LogP contribution in [0.4, 0.5) is 0 Å². The molecule has 3 unspecified atom stereocenters. The molecule has 4 nitrogen and oxygen atoms in total. The summed E-state index contributed by atoms with van der Waals surface area (Å²) < 4.78 is 1.98. The second kappa shape index (κ2) is 4.55. The van der Waals surface area contributed by atoms with Crippen molar-refractivity contribution in [3.8, 4) is 0 Å². The summed E-state index contributed by atoms with van der Waals surface area (Å²) in [5.41, 5.74) is 7.35. The average Bonchev–Trinajstić information content (AvgIpc) is 2.86. The average molecular weight is 222 g/mol. The predicted octanol–water partition coefficient (Wildman–Crippen LogP) is 1.24. The minimum Gasteiger partial charge on any atom is -0.326 e. The summed E-state index contributed by atoms with van der Waals surface area (Å²) in [5, 5.41) is 4.32. The van der Waals surface area contributed by atoms with Crippen molar-refractivity contribution in [3.63, 3.8) is 0 Å². The van der Waals surface area contributed by atoms with Crippen LogP contribution in [-0.4, -0.2) is 33.8 Å². The molecule has 16 heavy (non-hydrogen) atoms. The smallest absolute Gasteiger partial charge is 0.0537 e. The standard InChI is InChI=1S/C12H22N4/c1-4-16-7-11(5-14-16)10(3)15-6-9(2)12(13)8-15/h5,7,9-10,12H,4,6,8,13H2,1-3H3. The minimum absolute atomic E-state index is 0.323. The van der Waals surface area contributed by atoms with Crippen molar-refractivity contribution in [2.24, 2.45) is 11.7 Å². The van der Waals surface area contributed by atoms with Gasteiger partial charge in [0.05, 0.1) is 6.20 Å². The third kappa shape index (κ3) is 2.13. The highest BCUT2D eigenvalue weighted by atomic mass is 15.3. The molecule has 0 bridgehead atoms. The maximum atomic E-state index is 6.05. The van der Waals surface area contributed by atoms with Gasteiger partial charge in [0, 0.05) is 43.5 Å². The Labute approximate surface area is 97.4 Å². The summed E-state index contributed by atoms with van der Waals surface area (Å²) in [6.45, 7) is 9.60. The number of hydrogen-bond acceptors (Lipinski definition) is 3. The van der Waals surface area contributed by atoms with Gasteiger partial charge in [-0.2, -0.15) is 5.10 Å². The second-order valence-corrected chi connectivity index (χ2v) is 4.90. The lowest BCUT2D eigenvalue weighted by atomic mass is 10.1. The Morgan fingerprint density at radius 1 is 1.56 bits per heavy atom. The summed E-state index contributed by atoms with van der Waals surface area (Å²) >= 11 is 0. The molecule has 0 aliphatic carbocycles. The highest BCUT2D eigenvalue weighted by molar-refractivity contribution is 5.10. The zero-order chi connectivity index (χ0) is 11.7. The molecule has 1 aromatic heterocycles. The van der Waals surface area contributed by atoms with Crippen molar-refractivity contribution >= 4 is 0 Å². The van der Waals surface area contributed by atoms with Gasteiger partial charge >= 0.3 is 0 Å². The number of aryl methyl sites for hydroxylation is 1. The molecule has 2 rings (SSSR count). The normalized spacial score (nSPS) is 28.5. The van der Waals surface area contributed by atoms with Gasteiger partial charge < -0.3 is 5.73 Å². The van der Waals surface area contributed by atoms with Gasteiger partial charge in [0.15, 0.2) is 0 Å². The van der Waals surface area contributed by atoms with Crippen molar-refractivity contribution in [2.75, 3.05) is 13.1 Å². The van der Waals surface area contributed by atoms with E-state index in [9.17, 15) is 0 Å². The molecular formula is C12H22N4. The third-order valence-corrected chi connectivity index (χ3v) is 3.71. The Hall–Kier alpha value is -0.870. The number of nitrogens with two attached hydrogens (primary N) is 1. The molecular weight excluding hydrogens is 200 g/mol. The molecule has 0 radical (unpaired) electrons. The summed E-state index contributed by atoms with van der Waals surface area (Å²) in [6.07, 6.45) is 4.11. The number of rotatable bonds is 3. The molecule has 4 heteroatoms. The van der Waals surface area contributed by atoms with Crippen LogP contribution >= 0.6 is 0 Å². The minimum atomic E-state index is 0.323. The maximum absolute atomic E-state index is 6.05.